The molecule has 1 N–H and O–H groups in total. The van der Waals surface area contributed by atoms with Gasteiger partial charge in [-0.25, -0.2) is 0 Å². The van der Waals surface area contributed by atoms with Crippen molar-refractivity contribution in [1.29, 1.82) is 0 Å². The van der Waals surface area contributed by atoms with Gasteiger partial charge in [-0.2, -0.15) is 10.2 Å². The van der Waals surface area contributed by atoms with Crippen LogP contribution in [0.2, 0.25) is 0 Å². The first-order valence-corrected chi connectivity index (χ1v) is 5.28. The number of rotatable bonds is 3. The van der Waals surface area contributed by atoms with Crippen molar-refractivity contribution in [1.82, 2.24) is 15.0 Å². The van der Waals surface area contributed by atoms with Crippen LogP contribution in [0, 0.1) is 13.8 Å². The standard InChI is InChI=1S/C12H13N3O2/c1-8-9(2)14-15(13-8)11-7-10(5-6-16)3-4-12(11)17/h3-4,6-7,17H,5H2,1-2H3. The molecule has 1 aromatic carbocycles. The van der Waals surface area contributed by atoms with Crippen LogP contribution in [0.25, 0.3) is 5.69 Å². The molecule has 0 amide bonds. The summed E-state index contributed by atoms with van der Waals surface area (Å²) in [4.78, 5) is 11.8. The van der Waals surface area contributed by atoms with Gasteiger partial charge in [0.1, 0.15) is 17.7 Å². The summed E-state index contributed by atoms with van der Waals surface area (Å²) in [5.41, 5.74) is 2.93. The maximum Gasteiger partial charge on any atom is 0.143 e. The third-order valence-corrected chi connectivity index (χ3v) is 2.59. The van der Waals surface area contributed by atoms with Gasteiger partial charge in [0.15, 0.2) is 0 Å². The number of aldehydes is 1. The average Bonchev–Trinajstić information content (AvgIpc) is 2.62. The van der Waals surface area contributed by atoms with E-state index in [0.717, 1.165) is 23.2 Å². The number of carbonyl (C=O) groups is 1. The number of aryl methyl sites for hydroxylation is 2. The zero-order chi connectivity index (χ0) is 12.4. The van der Waals surface area contributed by atoms with Gasteiger partial charge in [0.25, 0.3) is 0 Å². The highest BCUT2D eigenvalue weighted by Gasteiger charge is 2.09. The molecule has 2 aromatic rings. The van der Waals surface area contributed by atoms with E-state index in [-0.39, 0.29) is 5.75 Å². The first-order valence-electron chi connectivity index (χ1n) is 5.28. The lowest BCUT2D eigenvalue weighted by atomic mass is 10.1. The Kier molecular flexibility index (Phi) is 2.91. The van der Waals surface area contributed by atoms with E-state index in [4.69, 9.17) is 0 Å². The number of hydrogen-bond acceptors (Lipinski definition) is 4. The zero-order valence-corrected chi connectivity index (χ0v) is 9.71. The lowest BCUT2D eigenvalue weighted by Crippen LogP contribution is -2.01. The minimum atomic E-state index is 0.0923. The van der Waals surface area contributed by atoms with E-state index in [1.165, 1.54) is 4.80 Å². The second-order valence-corrected chi connectivity index (χ2v) is 3.85. The van der Waals surface area contributed by atoms with Crippen molar-refractivity contribution in [2.75, 3.05) is 0 Å². The number of phenolic OH excluding ortho intramolecular Hbond substituents is 1. The fourth-order valence-electron chi connectivity index (χ4n) is 1.51. The quantitative estimate of drug-likeness (QED) is 0.809. The first-order chi connectivity index (χ1) is 8.11. The van der Waals surface area contributed by atoms with Crippen molar-refractivity contribution in [3.63, 3.8) is 0 Å². The van der Waals surface area contributed by atoms with Gasteiger partial charge in [-0.05, 0) is 31.5 Å². The Balaban J connectivity index is 2.49. The maximum absolute atomic E-state index is 10.5. The van der Waals surface area contributed by atoms with Crippen molar-refractivity contribution in [2.24, 2.45) is 0 Å². The van der Waals surface area contributed by atoms with E-state index in [2.05, 4.69) is 10.2 Å². The smallest absolute Gasteiger partial charge is 0.143 e. The highest BCUT2D eigenvalue weighted by atomic mass is 16.3. The van der Waals surface area contributed by atoms with Crippen molar-refractivity contribution < 1.29 is 9.90 Å². The van der Waals surface area contributed by atoms with Gasteiger partial charge in [-0.1, -0.05) is 6.07 Å². The average molecular weight is 231 g/mol. The Labute approximate surface area is 98.7 Å². The number of phenols is 1. The summed E-state index contributed by atoms with van der Waals surface area (Å²) in [5, 5.41) is 18.2. The molecule has 2 rings (SSSR count). The maximum atomic E-state index is 10.5. The van der Waals surface area contributed by atoms with Gasteiger partial charge < -0.3 is 9.90 Å². The Morgan fingerprint density at radius 3 is 2.53 bits per heavy atom. The Hall–Kier alpha value is -2.17. The van der Waals surface area contributed by atoms with Crippen LogP contribution < -0.4 is 0 Å². The summed E-state index contributed by atoms with van der Waals surface area (Å²) in [7, 11) is 0. The van der Waals surface area contributed by atoms with Gasteiger partial charge in [-0.3, -0.25) is 0 Å². The Bertz CT molecular complexity index is 541. The number of aromatic hydroxyl groups is 1. The zero-order valence-electron chi connectivity index (χ0n) is 9.71. The van der Waals surface area contributed by atoms with Crippen LogP contribution in [0.1, 0.15) is 17.0 Å². The summed E-state index contributed by atoms with van der Waals surface area (Å²) in [6.45, 7) is 3.70. The van der Waals surface area contributed by atoms with Gasteiger partial charge in [0, 0.05) is 6.42 Å². The van der Waals surface area contributed by atoms with E-state index >= 15 is 0 Å². The molecule has 1 heterocycles. The monoisotopic (exact) mass is 231 g/mol. The number of benzene rings is 1. The molecule has 1 aromatic heterocycles. The second kappa shape index (κ2) is 4.37. The van der Waals surface area contributed by atoms with E-state index in [1.807, 2.05) is 13.8 Å². The normalized spacial score (nSPS) is 10.5. The Morgan fingerprint density at radius 1 is 1.29 bits per heavy atom. The van der Waals surface area contributed by atoms with Crippen LogP contribution in [0.15, 0.2) is 18.2 Å². The summed E-state index contributed by atoms with van der Waals surface area (Å²) < 4.78 is 0. The molecule has 0 atom stereocenters. The van der Waals surface area contributed by atoms with Gasteiger partial charge in [0.05, 0.1) is 11.4 Å². The van der Waals surface area contributed by atoms with Crippen LogP contribution in [-0.2, 0) is 11.2 Å². The molecule has 5 heteroatoms. The first kappa shape index (κ1) is 11.3. The molecule has 0 saturated carbocycles. The predicted octanol–water partition coefficient (Wildman–Crippen LogP) is 1.33. The Morgan fingerprint density at radius 2 is 1.94 bits per heavy atom. The predicted molar refractivity (Wildman–Crippen MR) is 62.3 cm³/mol. The molecule has 0 saturated heterocycles. The lowest BCUT2D eigenvalue weighted by molar-refractivity contribution is -0.107. The highest BCUT2D eigenvalue weighted by Crippen LogP contribution is 2.22. The van der Waals surface area contributed by atoms with Gasteiger partial charge in [-0.15, -0.1) is 4.80 Å². The van der Waals surface area contributed by atoms with Crippen LogP contribution in [0.4, 0.5) is 0 Å². The summed E-state index contributed by atoms with van der Waals surface area (Å²) in [5.74, 6) is 0.0923. The molecule has 0 unspecified atom stereocenters. The number of nitrogens with zero attached hydrogens (tertiary/aromatic N) is 3. The van der Waals surface area contributed by atoms with E-state index in [9.17, 15) is 9.90 Å². The molecule has 0 aliphatic rings. The van der Waals surface area contributed by atoms with Crippen LogP contribution in [-0.4, -0.2) is 26.4 Å². The van der Waals surface area contributed by atoms with Crippen molar-refractivity contribution in [3.8, 4) is 11.4 Å². The summed E-state index contributed by atoms with van der Waals surface area (Å²) in [6, 6.07) is 4.96. The van der Waals surface area contributed by atoms with Crippen LogP contribution in [0.5, 0.6) is 5.75 Å². The number of aromatic nitrogens is 3. The summed E-state index contributed by atoms with van der Waals surface area (Å²) in [6.07, 6.45) is 1.13. The van der Waals surface area contributed by atoms with Crippen LogP contribution >= 0.6 is 0 Å². The van der Waals surface area contributed by atoms with Crippen LogP contribution in [0.3, 0.4) is 0 Å². The van der Waals surface area contributed by atoms with Gasteiger partial charge >= 0.3 is 0 Å². The minimum Gasteiger partial charge on any atom is -0.506 e. The number of hydrogen-bond donors (Lipinski definition) is 1. The molecule has 88 valence electrons. The molecule has 0 radical (unpaired) electrons. The van der Waals surface area contributed by atoms with Gasteiger partial charge in [0.2, 0.25) is 0 Å². The number of carbonyl (C=O) groups excluding carboxylic acids is 1. The molecule has 5 nitrogen and oxygen atoms in total. The SMILES string of the molecule is Cc1nn(-c2cc(CC=O)ccc2O)nc1C. The molecule has 0 fully saturated rings. The molecular weight excluding hydrogens is 218 g/mol. The van der Waals surface area contributed by atoms with Crippen molar-refractivity contribution >= 4 is 6.29 Å². The molecule has 0 aliphatic heterocycles. The molecular formula is C12H13N3O2. The van der Waals surface area contributed by atoms with E-state index in [0.29, 0.717) is 12.1 Å². The fourth-order valence-corrected chi connectivity index (χ4v) is 1.51. The van der Waals surface area contributed by atoms with Crippen molar-refractivity contribution in [2.45, 2.75) is 20.3 Å². The molecule has 0 aliphatic carbocycles. The van der Waals surface area contributed by atoms with Crippen molar-refractivity contribution in [3.05, 3.63) is 35.2 Å². The lowest BCUT2D eigenvalue weighted by Gasteiger charge is -2.04. The second-order valence-electron chi connectivity index (χ2n) is 3.85. The van der Waals surface area contributed by atoms with E-state index in [1.54, 1.807) is 18.2 Å². The summed E-state index contributed by atoms with van der Waals surface area (Å²) >= 11 is 0. The minimum absolute atomic E-state index is 0.0923. The third-order valence-electron chi connectivity index (χ3n) is 2.59. The van der Waals surface area contributed by atoms with E-state index < -0.39 is 0 Å². The molecule has 0 spiro atoms. The highest BCUT2D eigenvalue weighted by molar-refractivity contribution is 5.57. The third kappa shape index (κ3) is 2.18. The topological polar surface area (TPSA) is 68.0 Å². The largest absolute Gasteiger partial charge is 0.506 e. The fraction of sp³-hybridized carbons (Fsp3) is 0.250. The molecule has 17 heavy (non-hydrogen) atoms. The molecule has 0 bridgehead atoms.